The van der Waals surface area contributed by atoms with Crippen molar-refractivity contribution in [2.45, 2.75) is 13.3 Å². The lowest BCUT2D eigenvalue weighted by Gasteiger charge is -2.07. The van der Waals surface area contributed by atoms with Gasteiger partial charge in [0.25, 0.3) is 6.43 Å². The van der Waals surface area contributed by atoms with Crippen LogP contribution < -0.4 is 0 Å². The summed E-state index contributed by atoms with van der Waals surface area (Å²) >= 11 is 0. The van der Waals surface area contributed by atoms with E-state index in [9.17, 15) is 22.4 Å². The van der Waals surface area contributed by atoms with E-state index in [1.165, 1.54) is 0 Å². The zero-order chi connectivity index (χ0) is 10.9. The Bertz CT molecular complexity index is 373. The molecule has 0 heterocycles. The minimum absolute atomic E-state index is 0.327. The molecule has 76 valence electrons. The van der Waals surface area contributed by atoms with Gasteiger partial charge in [0.05, 0.1) is 5.56 Å². The molecule has 14 heavy (non-hydrogen) atoms. The summed E-state index contributed by atoms with van der Waals surface area (Å²) in [6, 6.07) is 0.931. The molecule has 1 aromatic rings. The molecule has 0 spiro atoms. The number of hydrogen-bond acceptors (Lipinski definition) is 1. The first kappa shape index (κ1) is 10.7. The van der Waals surface area contributed by atoms with Crippen molar-refractivity contribution in [3.05, 3.63) is 34.9 Å². The molecule has 0 aromatic heterocycles. The van der Waals surface area contributed by atoms with E-state index < -0.39 is 35.0 Å². The van der Waals surface area contributed by atoms with Crippen molar-refractivity contribution in [2.75, 3.05) is 0 Å². The molecule has 0 aliphatic rings. The van der Waals surface area contributed by atoms with Gasteiger partial charge < -0.3 is 0 Å². The number of halogens is 4. The number of alkyl halides is 2. The number of carbonyl (C=O) groups excluding carboxylic acids is 1. The first-order valence-corrected chi connectivity index (χ1v) is 3.71. The topological polar surface area (TPSA) is 17.1 Å². The molecule has 0 atom stereocenters. The summed E-state index contributed by atoms with van der Waals surface area (Å²) in [7, 11) is 0. The van der Waals surface area contributed by atoms with Gasteiger partial charge in [-0.25, -0.2) is 17.6 Å². The molecule has 0 N–H and O–H groups in total. The first-order chi connectivity index (χ1) is 6.43. The number of ketones is 1. The van der Waals surface area contributed by atoms with Crippen LogP contribution in [0, 0.1) is 11.6 Å². The SMILES string of the molecule is CC(=O)c1cc(F)cc(F)c1C(F)F. The minimum Gasteiger partial charge on any atom is -0.294 e. The van der Waals surface area contributed by atoms with Gasteiger partial charge in [0, 0.05) is 11.6 Å². The Hall–Kier alpha value is -1.39. The molecule has 1 aromatic carbocycles. The van der Waals surface area contributed by atoms with Crippen molar-refractivity contribution in [3.8, 4) is 0 Å². The molecule has 0 saturated heterocycles. The number of hydrogen-bond donors (Lipinski definition) is 0. The van der Waals surface area contributed by atoms with Crippen LogP contribution >= 0.6 is 0 Å². The fourth-order valence-corrected chi connectivity index (χ4v) is 1.10. The average Bonchev–Trinajstić information content (AvgIpc) is 2.01. The Morgan fingerprint density at radius 3 is 2.29 bits per heavy atom. The number of benzene rings is 1. The highest BCUT2D eigenvalue weighted by molar-refractivity contribution is 5.95. The summed E-state index contributed by atoms with van der Waals surface area (Å²) in [5.74, 6) is -3.24. The van der Waals surface area contributed by atoms with Gasteiger partial charge in [0.1, 0.15) is 11.6 Å². The van der Waals surface area contributed by atoms with Crippen molar-refractivity contribution >= 4 is 5.78 Å². The maximum atomic E-state index is 12.8. The molecule has 0 saturated carbocycles. The lowest BCUT2D eigenvalue weighted by molar-refractivity contribution is 0.0995. The van der Waals surface area contributed by atoms with Crippen LogP contribution in [0.15, 0.2) is 12.1 Å². The summed E-state index contributed by atoms with van der Waals surface area (Å²) < 4.78 is 50.0. The molecule has 5 heteroatoms. The molecule has 0 amide bonds. The number of Topliss-reactive ketones (excluding diaryl/α,β-unsaturated/α-hetero) is 1. The fraction of sp³-hybridized carbons (Fsp3) is 0.222. The Kier molecular flexibility index (Phi) is 2.88. The molecule has 0 aliphatic heterocycles. The third-order valence-electron chi connectivity index (χ3n) is 1.69. The third-order valence-corrected chi connectivity index (χ3v) is 1.69. The first-order valence-electron chi connectivity index (χ1n) is 3.71. The van der Waals surface area contributed by atoms with Crippen LogP contribution in [0.4, 0.5) is 17.6 Å². The van der Waals surface area contributed by atoms with Crippen LogP contribution in [0.1, 0.15) is 29.3 Å². The second-order valence-electron chi connectivity index (χ2n) is 2.71. The van der Waals surface area contributed by atoms with Crippen molar-refractivity contribution < 1.29 is 22.4 Å². The largest absolute Gasteiger partial charge is 0.294 e. The molecule has 0 fully saturated rings. The molecular weight excluding hydrogens is 200 g/mol. The van der Waals surface area contributed by atoms with E-state index in [-0.39, 0.29) is 0 Å². The lowest BCUT2D eigenvalue weighted by Crippen LogP contribution is -2.04. The normalized spacial score (nSPS) is 10.7. The highest BCUT2D eigenvalue weighted by Gasteiger charge is 2.21. The molecule has 1 rings (SSSR count). The summed E-state index contributed by atoms with van der Waals surface area (Å²) in [5, 5.41) is 0. The van der Waals surface area contributed by atoms with Gasteiger partial charge in [-0.3, -0.25) is 4.79 Å². The van der Waals surface area contributed by atoms with Gasteiger partial charge in [0.15, 0.2) is 5.78 Å². The monoisotopic (exact) mass is 206 g/mol. The van der Waals surface area contributed by atoms with Crippen molar-refractivity contribution in [1.29, 1.82) is 0 Å². The Labute approximate surface area is 77.3 Å². The van der Waals surface area contributed by atoms with E-state index >= 15 is 0 Å². The fourth-order valence-electron chi connectivity index (χ4n) is 1.10. The maximum Gasteiger partial charge on any atom is 0.267 e. The Morgan fingerprint density at radius 2 is 1.86 bits per heavy atom. The maximum absolute atomic E-state index is 12.8. The van der Waals surface area contributed by atoms with Gasteiger partial charge >= 0.3 is 0 Å². The van der Waals surface area contributed by atoms with E-state index in [1.807, 2.05) is 0 Å². The predicted octanol–water partition coefficient (Wildman–Crippen LogP) is 3.11. The van der Waals surface area contributed by atoms with E-state index in [1.54, 1.807) is 0 Å². The van der Waals surface area contributed by atoms with E-state index in [2.05, 4.69) is 0 Å². The molecule has 0 bridgehead atoms. The third kappa shape index (κ3) is 1.92. The van der Waals surface area contributed by atoms with Gasteiger partial charge in [-0.1, -0.05) is 0 Å². The number of carbonyl (C=O) groups is 1. The van der Waals surface area contributed by atoms with E-state index in [0.717, 1.165) is 6.92 Å². The van der Waals surface area contributed by atoms with Crippen LogP contribution in [-0.4, -0.2) is 5.78 Å². The van der Waals surface area contributed by atoms with E-state index in [4.69, 9.17) is 0 Å². The van der Waals surface area contributed by atoms with Gasteiger partial charge in [-0.15, -0.1) is 0 Å². The van der Waals surface area contributed by atoms with Crippen LogP contribution in [0.5, 0.6) is 0 Å². The van der Waals surface area contributed by atoms with E-state index in [0.29, 0.717) is 12.1 Å². The molecule has 0 radical (unpaired) electrons. The predicted molar refractivity (Wildman–Crippen MR) is 41.3 cm³/mol. The highest BCUT2D eigenvalue weighted by atomic mass is 19.3. The number of rotatable bonds is 2. The van der Waals surface area contributed by atoms with Crippen LogP contribution in [0.25, 0.3) is 0 Å². The summed E-state index contributed by atoms with van der Waals surface area (Å²) in [4.78, 5) is 10.8. The zero-order valence-corrected chi connectivity index (χ0v) is 7.15. The lowest BCUT2D eigenvalue weighted by atomic mass is 10.0. The average molecular weight is 206 g/mol. The van der Waals surface area contributed by atoms with Crippen molar-refractivity contribution in [1.82, 2.24) is 0 Å². The standard InChI is InChI=1S/C9H6F4O/c1-4(14)6-2-5(10)3-7(11)8(6)9(12)13/h2-3,9H,1H3. The summed E-state index contributed by atoms with van der Waals surface area (Å²) in [6.45, 7) is 0.972. The van der Waals surface area contributed by atoms with Gasteiger partial charge in [0.2, 0.25) is 0 Å². The smallest absolute Gasteiger partial charge is 0.267 e. The van der Waals surface area contributed by atoms with Crippen LogP contribution in [0.3, 0.4) is 0 Å². The van der Waals surface area contributed by atoms with Gasteiger partial charge in [-0.2, -0.15) is 0 Å². The molecule has 1 nitrogen and oxygen atoms in total. The van der Waals surface area contributed by atoms with Gasteiger partial charge in [-0.05, 0) is 13.0 Å². The van der Waals surface area contributed by atoms with Crippen molar-refractivity contribution in [2.24, 2.45) is 0 Å². The second-order valence-corrected chi connectivity index (χ2v) is 2.71. The Morgan fingerprint density at radius 1 is 1.29 bits per heavy atom. The van der Waals surface area contributed by atoms with Crippen molar-refractivity contribution in [3.63, 3.8) is 0 Å². The highest BCUT2D eigenvalue weighted by Crippen LogP contribution is 2.27. The minimum atomic E-state index is -3.13. The van der Waals surface area contributed by atoms with Crippen LogP contribution in [-0.2, 0) is 0 Å². The second kappa shape index (κ2) is 3.77. The quantitative estimate of drug-likeness (QED) is 0.536. The summed E-state index contributed by atoms with van der Waals surface area (Å²) in [6.07, 6.45) is -3.13. The molecular formula is C9H6F4O. The van der Waals surface area contributed by atoms with Crippen LogP contribution in [0.2, 0.25) is 0 Å². The Balaban J connectivity index is 3.44. The molecule has 0 aliphatic carbocycles. The molecule has 0 unspecified atom stereocenters. The zero-order valence-electron chi connectivity index (χ0n) is 7.15. The summed E-state index contributed by atoms with van der Waals surface area (Å²) in [5.41, 5.74) is -1.66.